The topological polar surface area (TPSA) is 80.9 Å². The van der Waals surface area contributed by atoms with Crippen LogP contribution in [0.25, 0.3) is 0 Å². The lowest BCUT2D eigenvalue weighted by molar-refractivity contribution is -0.280. The standard InChI is InChI=1S/C28H48O4/c1-17(2)18(3)6-7-19(4)22-8-9-23-21-14-25(31)28(32)15-20(30)10-13-27(28,16-29)24(21)11-12-26(22,23)5/h17,19-25,29-32H,3,6-16H2,1-2,4-5H3/t19?,20-,21?,22?,23?,24?,25+,26+,27-,28?/m0/s1. The van der Waals surface area contributed by atoms with Gasteiger partial charge in [0, 0.05) is 11.8 Å². The normalized spacial score (nSPS) is 49.3. The molecule has 4 heteroatoms. The Morgan fingerprint density at radius 3 is 2.41 bits per heavy atom. The van der Waals surface area contributed by atoms with Crippen LogP contribution in [-0.2, 0) is 0 Å². The van der Waals surface area contributed by atoms with Crippen LogP contribution in [0.5, 0.6) is 0 Å². The van der Waals surface area contributed by atoms with Crippen molar-refractivity contribution in [3.05, 3.63) is 12.2 Å². The first-order valence-electron chi connectivity index (χ1n) is 13.4. The molecular weight excluding hydrogens is 400 g/mol. The third-order valence-corrected chi connectivity index (χ3v) is 11.3. The molecular formula is C28H48O4. The van der Waals surface area contributed by atoms with E-state index < -0.39 is 23.2 Å². The zero-order valence-corrected chi connectivity index (χ0v) is 20.9. The highest BCUT2D eigenvalue weighted by molar-refractivity contribution is 5.18. The maximum absolute atomic E-state index is 11.7. The predicted molar refractivity (Wildman–Crippen MR) is 128 cm³/mol. The minimum absolute atomic E-state index is 0.0883. The van der Waals surface area contributed by atoms with Crippen LogP contribution in [0.1, 0.15) is 91.9 Å². The van der Waals surface area contributed by atoms with E-state index in [1.165, 1.54) is 24.8 Å². The Bertz CT molecular complexity index is 706. The Kier molecular flexibility index (Phi) is 6.68. The summed E-state index contributed by atoms with van der Waals surface area (Å²) in [5, 5.41) is 43.8. The molecule has 0 aliphatic heterocycles. The third-order valence-electron chi connectivity index (χ3n) is 11.3. The van der Waals surface area contributed by atoms with Crippen molar-refractivity contribution in [2.45, 2.75) is 110 Å². The van der Waals surface area contributed by atoms with Crippen molar-refractivity contribution in [1.29, 1.82) is 0 Å². The number of rotatable bonds is 6. The van der Waals surface area contributed by atoms with Gasteiger partial charge in [0.1, 0.15) is 5.60 Å². The van der Waals surface area contributed by atoms with Crippen LogP contribution in [-0.4, -0.2) is 44.8 Å². The molecule has 32 heavy (non-hydrogen) atoms. The van der Waals surface area contributed by atoms with E-state index >= 15 is 0 Å². The second-order valence-electron chi connectivity index (χ2n) is 12.8. The molecule has 6 unspecified atom stereocenters. The van der Waals surface area contributed by atoms with Gasteiger partial charge >= 0.3 is 0 Å². The summed E-state index contributed by atoms with van der Waals surface area (Å²) >= 11 is 0. The Morgan fingerprint density at radius 2 is 1.75 bits per heavy atom. The molecule has 0 bridgehead atoms. The highest BCUT2D eigenvalue weighted by Gasteiger charge is 2.69. The summed E-state index contributed by atoms with van der Waals surface area (Å²) in [4.78, 5) is 0. The Hall–Kier alpha value is -0.420. The van der Waals surface area contributed by atoms with Gasteiger partial charge in [-0.1, -0.05) is 39.8 Å². The Morgan fingerprint density at radius 1 is 1.03 bits per heavy atom. The molecule has 0 heterocycles. The van der Waals surface area contributed by atoms with Crippen LogP contribution < -0.4 is 0 Å². The number of aliphatic hydroxyl groups is 4. The summed E-state index contributed by atoms with van der Waals surface area (Å²) in [6.07, 6.45) is 7.53. The van der Waals surface area contributed by atoms with Crippen molar-refractivity contribution in [3.8, 4) is 0 Å². The van der Waals surface area contributed by atoms with Crippen LogP contribution in [0.3, 0.4) is 0 Å². The van der Waals surface area contributed by atoms with Gasteiger partial charge in [-0.25, -0.2) is 0 Å². The van der Waals surface area contributed by atoms with Crippen molar-refractivity contribution >= 4 is 0 Å². The van der Waals surface area contributed by atoms with E-state index in [1.807, 2.05) is 0 Å². The van der Waals surface area contributed by atoms with Crippen molar-refractivity contribution in [2.75, 3.05) is 6.61 Å². The second-order valence-corrected chi connectivity index (χ2v) is 12.8. The van der Waals surface area contributed by atoms with Crippen LogP contribution in [0.4, 0.5) is 0 Å². The zero-order chi connectivity index (χ0) is 23.5. The van der Waals surface area contributed by atoms with E-state index in [1.54, 1.807) is 0 Å². The van der Waals surface area contributed by atoms with Gasteiger partial charge in [-0.05, 0) is 98.7 Å². The molecule has 4 aliphatic rings. The molecule has 0 aromatic heterocycles. The molecule has 4 rings (SSSR count). The van der Waals surface area contributed by atoms with Gasteiger partial charge in [0.05, 0.1) is 18.8 Å². The van der Waals surface area contributed by atoms with Gasteiger partial charge in [0.2, 0.25) is 0 Å². The molecule has 0 saturated heterocycles. The molecule has 4 nitrogen and oxygen atoms in total. The average Bonchev–Trinajstić information content (AvgIpc) is 3.09. The number of allylic oxidation sites excluding steroid dienone is 1. The second kappa shape index (κ2) is 8.66. The molecule has 0 amide bonds. The summed E-state index contributed by atoms with van der Waals surface area (Å²) in [5.41, 5.74) is -0.398. The summed E-state index contributed by atoms with van der Waals surface area (Å²) in [6.45, 7) is 13.6. The quantitative estimate of drug-likeness (QED) is 0.444. The largest absolute Gasteiger partial charge is 0.396 e. The van der Waals surface area contributed by atoms with Gasteiger partial charge in [0.25, 0.3) is 0 Å². The van der Waals surface area contributed by atoms with Gasteiger partial charge < -0.3 is 20.4 Å². The van der Waals surface area contributed by atoms with Crippen LogP contribution in [0.2, 0.25) is 0 Å². The first-order chi connectivity index (χ1) is 15.0. The van der Waals surface area contributed by atoms with Crippen molar-refractivity contribution in [2.24, 2.45) is 46.3 Å². The third kappa shape index (κ3) is 3.54. The van der Waals surface area contributed by atoms with Gasteiger partial charge in [-0.3, -0.25) is 0 Å². The SMILES string of the molecule is C=C(CCC(C)C1CCC2C3C[C@@H](O)C4(O)C[C@@H](O)CC[C@]4(CO)C3CC[C@]12C)C(C)C. The first-order valence-corrected chi connectivity index (χ1v) is 13.4. The molecule has 184 valence electrons. The molecule has 4 N–H and O–H groups in total. The maximum Gasteiger partial charge on any atom is 0.101 e. The molecule has 4 aliphatic carbocycles. The molecule has 10 atom stereocenters. The van der Waals surface area contributed by atoms with Gasteiger partial charge in [0.15, 0.2) is 0 Å². The van der Waals surface area contributed by atoms with Crippen molar-refractivity contribution in [1.82, 2.24) is 0 Å². The summed E-state index contributed by atoms with van der Waals surface area (Å²) in [5.74, 6) is 3.06. The van der Waals surface area contributed by atoms with Crippen LogP contribution >= 0.6 is 0 Å². The number of hydrogen-bond acceptors (Lipinski definition) is 4. The van der Waals surface area contributed by atoms with E-state index in [0.29, 0.717) is 48.9 Å². The van der Waals surface area contributed by atoms with E-state index in [9.17, 15) is 20.4 Å². The summed E-state index contributed by atoms with van der Waals surface area (Å²) in [7, 11) is 0. The highest BCUT2D eigenvalue weighted by atomic mass is 16.4. The molecule has 0 aromatic carbocycles. The number of hydrogen-bond donors (Lipinski definition) is 4. The van der Waals surface area contributed by atoms with Gasteiger partial charge in [-0.2, -0.15) is 0 Å². The highest BCUT2D eigenvalue weighted by Crippen LogP contribution is 2.69. The fourth-order valence-corrected chi connectivity index (χ4v) is 9.25. The Labute approximate surface area is 195 Å². The summed E-state index contributed by atoms with van der Waals surface area (Å²) < 4.78 is 0. The van der Waals surface area contributed by atoms with E-state index in [2.05, 4.69) is 34.3 Å². The lowest BCUT2D eigenvalue weighted by atomic mass is 9.42. The zero-order valence-electron chi connectivity index (χ0n) is 20.9. The number of fused-ring (bicyclic) bond motifs is 5. The predicted octanol–water partition coefficient (Wildman–Crippen LogP) is 4.69. The van der Waals surface area contributed by atoms with Crippen LogP contribution in [0, 0.1) is 46.3 Å². The minimum atomic E-state index is -1.36. The minimum Gasteiger partial charge on any atom is -0.396 e. The lowest BCUT2D eigenvalue weighted by Gasteiger charge is -2.65. The van der Waals surface area contributed by atoms with E-state index in [4.69, 9.17) is 0 Å². The van der Waals surface area contributed by atoms with Crippen LogP contribution in [0.15, 0.2) is 12.2 Å². The molecule has 0 aromatic rings. The molecule has 0 spiro atoms. The van der Waals surface area contributed by atoms with E-state index in [-0.39, 0.29) is 24.4 Å². The monoisotopic (exact) mass is 448 g/mol. The van der Waals surface area contributed by atoms with E-state index in [0.717, 1.165) is 19.3 Å². The number of aliphatic hydroxyl groups excluding tert-OH is 3. The fourth-order valence-electron chi connectivity index (χ4n) is 9.25. The van der Waals surface area contributed by atoms with Crippen molar-refractivity contribution in [3.63, 3.8) is 0 Å². The Balaban J connectivity index is 1.56. The molecule has 4 saturated carbocycles. The summed E-state index contributed by atoms with van der Waals surface area (Å²) in [6, 6.07) is 0. The lowest BCUT2D eigenvalue weighted by Crippen LogP contribution is -2.70. The smallest absolute Gasteiger partial charge is 0.101 e. The van der Waals surface area contributed by atoms with Gasteiger partial charge in [-0.15, -0.1) is 0 Å². The first kappa shape index (κ1) is 24.7. The van der Waals surface area contributed by atoms with Crippen molar-refractivity contribution < 1.29 is 20.4 Å². The fraction of sp³-hybridized carbons (Fsp3) is 0.929. The molecule has 0 radical (unpaired) electrons. The average molecular weight is 449 g/mol. The maximum atomic E-state index is 11.7. The molecule has 4 fully saturated rings.